The van der Waals surface area contributed by atoms with Crippen molar-refractivity contribution in [1.82, 2.24) is 0 Å². The second-order valence-electron chi connectivity index (χ2n) is 4.25. The summed E-state index contributed by atoms with van der Waals surface area (Å²) in [7, 11) is 6.98. The van der Waals surface area contributed by atoms with Crippen molar-refractivity contribution in [3.05, 3.63) is 0 Å². The van der Waals surface area contributed by atoms with E-state index in [1.807, 2.05) is 0 Å². The van der Waals surface area contributed by atoms with Crippen LogP contribution in [-0.4, -0.2) is 52.9 Å². The molecule has 0 radical (unpaired) electrons. The van der Waals surface area contributed by atoms with E-state index in [0.717, 1.165) is 25.7 Å². The van der Waals surface area contributed by atoms with Crippen LogP contribution in [0.5, 0.6) is 0 Å². The third kappa shape index (κ3) is 3.42. The van der Waals surface area contributed by atoms with E-state index in [2.05, 4.69) is 0 Å². The molecule has 0 heterocycles. The Morgan fingerprint density at radius 1 is 0.500 bits per heavy atom. The van der Waals surface area contributed by atoms with Gasteiger partial charge in [0.1, 0.15) is 0 Å². The highest BCUT2D eigenvalue weighted by atomic mass is 16.5. The summed E-state index contributed by atoms with van der Waals surface area (Å²) in [5, 5.41) is 0. The average Bonchev–Trinajstić information content (AvgIpc) is 2.30. The normalized spacial score (nSPS) is 36.8. The van der Waals surface area contributed by atoms with Gasteiger partial charge in [-0.15, -0.1) is 0 Å². The van der Waals surface area contributed by atoms with Gasteiger partial charge in [0.2, 0.25) is 0 Å². The highest BCUT2D eigenvalue weighted by molar-refractivity contribution is 4.82. The zero-order chi connectivity index (χ0) is 12.0. The van der Waals surface area contributed by atoms with Crippen molar-refractivity contribution in [3.8, 4) is 0 Å². The molecule has 0 aromatic heterocycles. The van der Waals surface area contributed by atoms with Crippen molar-refractivity contribution in [3.63, 3.8) is 0 Å². The SMILES string of the molecule is COC1CCC(OC)C(OC)CCC1OC. The van der Waals surface area contributed by atoms with E-state index in [4.69, 9.17) is 18.9 Å². The molecule has 1 aliphatic carbocycles. The summed E-state index contributed by atoms with van der Waals surface area (Å²) in [6.45, 7) is 0. The van der Waals surface area contributed by atoms with E-state index < -0.39 is 0 Å². The Hall–Kier alpha value is -0.160. The van der Waals surface area contributed by atoms with Gasteiger partial charge >= 0.3 is 0 Å². The second-order valence-corrected chi connectivity index (χ2v) is 4.25. The summed E-state index contributed by atoms with van der Waals surface area (Å²) in [6, 6.07) is 0. The van der Waals surface area contributed by atoms with Gasteiger partial charge in [-0.25, -0.2) is 0 Å². The van der Waals surface area contributed by atoms with Crippen LogP contribution in [0.25, 0.3) is 0 Å². The van der Waals surface area contributed by atoms with Crippen LogP contribution >= 0.6 is 0 Å². The molecule has 0 aromatic rings. The highest BCUT2D eigenvalue weighted by Crippen LogP contribution is 2.25. The Kier molecular flexibility index (Phi) is 6.28. The van der Waals surface area contributed by atoms with Crippen LogP contribution in [0.2, 0.25) is 0 Å². The van der Waals surface area contributed by atoms with Crippen molar-refractivity contribution in [2.45, 2.75) is 50.1 Å². The van der Waals surface area contributed by atoms with Gasteiger partial charge in [-0.3, -0.25) is 0 Å². The first-order chi connectivity index (χ1) is 7.76. The Morgan fingerprint density at radius 3 is 0.812 bits per heavy atom. The molecule has 0 amide bonds. The molecule has 0 bridgehead atoms. The predicted octanol–water partition coefficient (Wildman–Crippen LogP) is 1.62. The summed E-state index contributed by atoms with van der Waals surface area (Å²) in [5.41, 5.74) is 0. The largest absolute Gasteiger partial charge is 0.379 e. The molecular weight excluding hydrogens is 208 g/mol. The highest BCUT2D eigenvalue weighted by Gasteiger charge is 2.30. The molecule has 1 rings (SSSR count). The fourth-order valence-electron chi connectivity index (χ4n) is 2.48. The van der Waals surface area contributed by atoms with E-state index in [-0.39, 0.29) is 24.4 Å². The van der Waals surface area contributed by atoms with Gasteiger partial charge in [-0.05, 0) is 25.7 Å². The third-order valence-electron chi connectivity index (χ3n) is 3.51. The minimum atomic E-state index is 0.167. The van der Waals surface area contributed by atoms with E-state index in [1.165, 1.54) is 0 Å². The minimum absolute atomic E-state index is 0.167. The number of methoxy groups -OCH3 is 4. The summed E-state index contributed by atoms with van der Waals surface area (Å²) >= 11 is 0. The lowest BCUT2D eigenvalue weighted by molar-refractivity contribution is -0.0961. The molecule has 4 atom stereocenters. The summed E-state index contributed by atoms with van der Waals surface area (Å²) in [6.07, 6.45) is 4.48. The van der Waals surface area contributed by atoms with Crippen molar-refractivity contribution in [2.75, 3.05) is 28.4 Å². The standard InChI is InChI=1S/C12H24O4/c1-13-9-5-6-11(15-3)12(16-4)8-7-10(9)14-2/h9-12H,5-8H2,1-4H3. The zero-order valence-corrected chi connectivity index (χ0v) is 10.8. The molecule has 96 valence electrons. The molecule has 4 nitrogen and oxygen atoms in total. The lowest BCUT2D eigenvalue weighted by Gasteiger charge is -2.33. The Labute approximate surface area is 98.2 Å². The van der Waals surface area contributed by atoms with E-state index in [1.54, 1.807) is 28.4 Å². The fourth-order valence-corrected chi connectivity index (χ4v) is 2.48. The smallest absolute Gasteiger partial charge is 0.0833 e. The number of hydrogen-bond acceptors (Lipinski definition) is 4. The summed E-state index contributed by atoms with van der Waals surface area (Å²) in [4.78, 5) is 0. The van der Waals surface area contributed by atoms with Crippen molar-refractivity contribution in [2.24, 2.45) is 0 Å². The zero-order valence-electron chi connectivity index (χ0n) is 10.8. The molecule has 0 aromatic carbocycles. The number of ether oxygens (including phenoxy) is 4. The van der Waals surface area contributed by atoms with E-state index in [9.17, 15) is 0 Å². The monoisotopic (exact) mass is 232 g/mol. The Bertz CT molecular complexity index is 146. The van der Waals surface area contributed by atoms with E-state index in [0.29, 0.717) is 0 Å². The first-order valence-corrected chi connectivity index (χ1v) is 5.88. The molecule has 4 heteroatoms. The van der Waals surface area contributed by atoms with Gasteiger partial charge in [0.15, 0.2) is 0 Å². The fraction of sp³-hybridized carbons (Fsp3) is 1.00. The predicted molar refractivity (Wildman–Crippen MR) is 61.7 cm³/mol. The summed E-state index contributed by atoms with van der Waals surface area (Å²) < 4.78 is 21.9. The quantitative estimate of drug-likeness (QED) is 0.738. The molecular formula is C12H24O4. The maximum Gasteiger partial charge on any atom is 0.0833 e. The van der Waals surface area contributed by atoms with E-state index >= 15 is 0 Å². The van der Waals surface area contributed by atoms with Crippen LogP contribution in [0.1, 0.15) is 25.7 Å². The van der Waals surface area contributed by atoms with Crippen LogP contribution in [0.3, 0.4) is 0 Å². The first kappa shape index (κ1) is 13.9. The van der Waals surface area contributed by atoms with Crippen LogP contribution in [0.4, 0.5) is 0 Å². The van der Waals surface area contributed by atoms with Crippen LogP contribution < -0.4 is 0 Å². The van der Waals surface area contributed by atoms with Crippen molar-refractivity contribution < 1.29 is 18.9 Å². The van der Waals surface area contributed by atoms with Gasteiger partial charge < -0.3 is 18.9 Å². The maximum atomic E-state index is 5.47. The molecule has 1 saturated carbocycles. The van der Waals surface area contributed by atoms with Gasteiger partial charge in [-0.1, -0.05) is 0 Å². The van der Waals surface area contributed by atoms with Crippen LogP contribution in [0.15, 0.2) is 0 Å². The molecule has 16 heavy (non-hydrogen) atoms. The Morgan fingerprint density at radius 2 is 0.688 bits per heavy atom. The first-order valence-electron chi connectivity index (χ1n) is 5.88. The van der Waals surface area contributed by atoms with Gasteiger partial charge in [0.05, 0.1) is 24.4 Å². The van der Waals surface area contributed by atoms with Crippen LogP contribution in [-0.2, 0) is 18.9 Å². The number of rotatable bonds is 4. The molecule has 0 N–H and O–H groups in total. The average molecular weight is 232 g/mol. The Balaban J connectivity index is 2.61. The van der Waals surface area contributed by atoms with Gasteiger partial charge in [0, 0.05) is 28.4 Å². The molecule has 0 saturated heterocycles. The van der Waals surface area contributed by atoms with Crippen molar-refractivity contribution in [1.29, 1.82) is 0 Å². The van der Waals surface area contributed by atoms with Crippen molar-refractivity contribution >= 4 is 0 Å². The molecule has 0 spiro atoms. The molecule has 1 fully saturated rings. The molecule has 1 aliphatic rings. The third-order valence-corrected chi connectivity index (χ3v) is 3.51. The van der Waals surface area contributed by atoms with Crippen LogP contribution in [0, 0.1) is 0 Å². The second kappa shape index (κ2) is 7.22. The topological polar surface area (TPSA) is 36.9 Å². The lowest BCUT2D eigenvalue weighted by atomic mass is 9.92. The minimum Gasteiger partial charge on any atom is -0.379 e. The number of hydrogen-bond donors (Lipinski definition) is 0. The lowest BCUT2D eigenvalue weighted by Crippen LogP contribution is -2.39. The maximum absolute atomic E-state index is 5.47. The van der Waals surface area contributed by atoms with Gasteiger partial charge in [-0.2, -0.15) is 0 Å². The summed E-state index contributed by atoms with van der Waals surface area (Å²) in [5.74, 6) is 0. The van der Waals surface area contributed by atoms with Gasteiger partial charge in [0.25, 0.3) is 0 Å². The molecule has 4 unspecified atom stereocenters. The molecule has 0 aliphatic heterocycles.